The molecule has 104 valence electrons. The van der Waals surface area contributed by atoms with Gasteiger partial charge in [-0.2, -0.15) is 0 Å². The van der Waals surface area contributed by atoms with E-state index >= 15 is 0 Å². The second-order valence-corrected chi connectivity index (χ2v) is 5.62. The maximum Gasteiger partial charge on any atom is 0.151 e. The van der Waals surface area contributed by atoms with E-state index < -0.39 is 0 Å². The van der Waals surface area contributed by atoms with Gasteiger partial charge in [0.2, 0.25) is 0 Å². The van der Waals surface area contributed by atoms with Crippen LogP contribution in [-0.4, -0.2) is 12.4 Å². The monoisotopic (exact) mass is 280 g/mol. The van der Waals surface area contributed by atoms with E-state index in [1.54, 1.807) is 6.07 Å². The molecule has 2 nitrogen and oxygen atoms in total. The van der Waals surface area contributed by atoms with Crippen molar-refractivity contribution in [2.45, 2.75) is 51.6 Å². The second-order valence-electron chi connectivity index (χ2n) is 5.24. The minimum Gasteiger partial charge on any atom is -0.489 e. The predicted molar refractivity (Wildman–Crippen MR) is 78.1 cm³/mol. The highest BCUT2D eigenvalue weighted by molar-refractivity contribution is 6.34. The van der Waals surface area contributed by atoms with E-state index in [4.69, 9.17) is 16.3 Å². The molecule has 1 aliphatic carbocycles. The largest absolute Gasteiger partial charge is 0.489 e. The van der Waals surface area contributed by atoms with E-state index in [0.29, 0.717) is 22.3 Å². The molecule has 1 aliphatic rings. The molecule has 3 heteroatoms. The molecule has 1 unspecified atom stereocenters. The van der Waals surface area contributed by atoms with Crippen molar-refractivity contribution in [2.75, 3.05) is 0 Å². The van der Waals surface area contributed by atoms with Gasteiger partial charge >= 0.3 is 0 Å². The molecule has 0 spiro atoms. The van der Waals surface area contributed by atoms with Gasteiger partial charge < -0.3 is 4.74 Å². The second kappa shape index (κ2) is 6.95. The highest BCUT2D eigenvalue weighted by Crippen LogP contribution is 2.33. The first-order valence-electron chi connectivity index (χ1n) is 7.16. The van der Waals surface area contributed by atoms with Crippen LogP contribution < -0.4 is 4.74 Å². The van der Waals surface area contributed by atoms with Crippen LogP contribution in [0.25, 0.3) is 0 Å². The molecule has 0 aliphatic heterocycles. The van der Waals surface area contributed by atoms with E-state index in [1.807, 2.05) is 12.1 Å². The van der Waals surface area contributed by atoms with E-state index in [0.717, 1.165) is 12.7 Å². The van der Waals surface area contributed by atoms with Crippen molar-refractivity contribution in [2.24, 2.45) is 5.92 Å². The molecule has 1 atom stereocenters. The summed E-state index contributed by atoms with van der Waals surface area (Å²) in [6.07, 6.45) is 8.38. The van der Waals surface area contributed by atoms with Gasteiger partial charge in [-0.15, -0.1) is 0 Å². The molecule has 1 aromatic carbocycles. The fraction of sp³-hybridized carbons (Fsp3) is 0.562. The molecule has 1 aromatic rings. The summed E-state index contributed by atoms with van der Waals surface area (Å²) in [5.41, 5.74) is 0.498. The fourth-order valence-corrected chi connectivity index (χ4v) is 3.11. The fourth-order valence-electron chi connectivity index (χ4n) is 2.89. The summed E-state index contributed by atoms with van der Waals surface area (Å²) in [7, 11) is 0. The third-order valence-corrected chi connectivity index (χ3v) is 4.38. The highest BCUT2D eigenvalue weighted by atomic mass is 35.5. The van der Waals surface area contributed by atoms with Gasteiger partial charge in [0.15, 0.2) is 6.29 Å². The quantitative estimate of drug-likeness (QED) is 0.718. The van der Waals surface area contributed by atoms with Crippen molar-refractivity contribution in [3.63, 3.8) is 0 Å². The van der Waals surface area contributed by atoms with Gasteiger partial charge in [0.25, 0.3) is 0 Å². The Labute approximate surface area is 120 Å². The summed E-state index contributed by atoms with van der Waals surface area (Å²) in [5, 5.41) is 0.437. The first kappa shape index (κ1) is 14.4. The van der Waals surface area contributed by atoms with Gasteiger partial charge in [0.05, 0.1) is 5.02 Å². The molecule has 1 fully saturated rings. The van der Waals surface area contributed by atoms with Gasteiger partial charge in [-0.3, -0.25) is 4.79 Å². The van der Waals surface area contributed by atoms with Crippen molar-refractivity contribution in [1.82, 2.24) is 0 Å². The SMILES string of the molecule is CCC(Oc1cccc(C=O)c1Cl)C1CCCCC1. The molecular formula is C16H21ClO2. The maximum atomic E-state index is 10.9. The number of hydrogen-bond donors (Lipinski definition) is 0. The third kappa shape index (κ3) is 3.50. The smallest absolute Gasteiger partial charge is 0.151 e. The normalized spacial score (nSPS) is 18.0. The lowest BCUT2D eigenvalue weighted by atomic mass is 9.84. The Kier molecular flexibility index (Phi) is 5.26. The molecule has 0 aromatic heterocycles. The van der Waals surface area contributed by atoms with Crippen molar-refractivity contribution >= 4 is 17.9 Å². The molecule has 0 N–H and O–H groups in total. The summed E-state index contributed by atoms with van der Waals surface area (Å²) in [5.74, 6) is 1.26. The summed E-state index contributed by atoms with van der Waals surface area (Å²) < 4.78 is 6.09. The van der Waals surface area contributed by atoms with Crippen LogP contribution in [-0.2, 0) is 0 Å². The Bertz CT molecular complexity index is 425. The molecule has 0 radical (unpaired) electrons. The van der Waals surface area contributed by atoms with Gasteiger partial charge in [0.1, 0.15) is 11.9 Å². The molecular weight excluding hydrogens is 260 g/mol. The van der Waals surface area contributed by atoms with Crippen molar-refractivity contribution < 1.29 is 9.53 Å². The van der Waals surface area contributed by atoms with E-state index in [9.17, 15) is 4.79 Å². The Hall–Kier alpha value is -1.02. The zero-order valence-electron chi connectivity index (χ0n) is 11.4. The standard InChI is InChI=1S/C16H21ClO2/c1-2-14(12-7-4-3-5-8-12)19-15-10-6-9-13(11-18)16(15)17/h6,9-12,14H,2-5,7-8H2,1H3. The van der Waals surface area contributed by atoms with Gasteiger partial charge in [0, 0.05) is 5.56 Å². The van der Waals surface area contributed by atoms with Crippen molar-refractivity contribution in [3.8, 4) is 5.75 Å². The summed E-state index contributed by atoms with van der Waals surface area (Å²) >= 11 is 6.19. The molecule has 0 heterocycles. The number of carbonyl (C=O) groups is 1. The average Bonchev–Trinajstić information content (AvgIpc) is 2.47. The first-order chi connectivity index (χ1) is 9.26. The number of carbonyl (C=O) groups excluding carboxylic acids is 1. The Balaban J connectivity index is 2.11. The number of aldehydes is 1. The van der Waals surface area contributed by atoms with Crippen LogP contribution >= 0.6 is 11.6 Å². The predicted octanol–water partition coefficient (Wildman–Crippen LogP) is 4.89. The zero-order chi connectivity index (χ0) is 13.7. The van der Waals surface area contributed by atoms with Crippen LogP contribution in [0.15, 0.2) is 18.2 Å². The molecule has 19 heavy (non-hydrogen) atoms. The maximum absolute atomic E-state index is 10.9. The molecule has 0 bridgehead atoms. The lowest BCUT2D eigenvalue weighted by Crippen LogP contribution is -2.28. The van der Waals surface area contributed by atoms with Crippen LogP contribution in [0.4, 0.5) is 0 Å². The minimum atomic E-state index is 0.208. The van der Waals surface area contributed by atoms with Crippen LogP contribution in [0.1, 0.15) is 55.8 Å². The number of rotatable bonds is 5. The Morgan fingerprint density at radius 2 is 2.11 bits per heavy atom. The highest BCUT2D eigenvalue weighted by Gasteiger charge is 2.24. The van der Waals surface area contributed by atoms with Crippen LogP contribution in [0, 0.1) is 5.92 Å². The Morgan fingerprint density at radius 1 is 1.37 bits per heavy atom. The first-order valence-corrected chi connectivity index (χ1v) is 7.54. The van der Waals surface area contributed by atoms with Crippen LogP contribution in [0.5, 0.6) is 5.75 Å². The zero-order valence-corrected chi connectivity index (χ0v) is 12.2. The lowest BCUT2D eigenvalue weighted by molar-refractivity contribution is 0.103. The Morgan fingerprint density at radius 3 is 2.74 bits per heavy atom. The number of halogens is 1. The average molecular weight is 281 g/mol. The van der Waals surface area contributed by atoms with E-state index in [-0.39, 0.29) is 6.10 Å². The lowest BCUT2D eigenvalue weighted by Gasteiger charge is -2.30. The third-order valence-electron chi connectivity index (χ3n) is 3.98. The topological polar surface area (TPSA) is 26.3 Å². The molecule has 0 amide bonds. The van der Waals surface area contributed by atoms with Gasteiger partial charge in [-0.05, 0) is 37.3 Å². The van der Waals surface area contributed by atoms with Crippen LogP contribution in [0.3, 0.4) is 0 Å². The summed E-state index contributed by atoms with van der Waals surface area (Å²) in [6.45, 7) is 2.15. The number of ether oxygens (including phenoxy) is 1. The van der Waals surface area contributed by atoms with Crippen molar-refractivity contribution in [1.29, 1.82) is 0 Å². The summed E-state index contributed by atoms with van der Waals surface area (Å²) in [6, 6.07) is 5.38. The number of benzene rings is 1. The van der Waals surface area contributed by atoms with E-state index in [1.165, 1.54) is 32.1 Å². The minimum absolute atomic E-state index is 0.208. The van der Waals surface area contributed by atoms with Crippen LogP contribution in [0.2, 0.25) is 5.02 Å². The summed E-state index contributed by atoms with van der Waals surface area (Å²) in [4.78, 5) is 10.9. The van der Waals surface area contributed by atoms with Gasteiger partial charge in [-0.25, -0.2) is 0 Å². The molecule has 1 saturated carbocycles. The molecule has 2 rings (SSSR count). The number of hydrogen-bond acceptors (Lipinski definition) is 2. The van der Waals surface area contributed by atoms with E-state index in [2.05, 4.69) is 6.92 Å². The molecule has 0 saturated heterocycles. The van der Waals surface area contributed by atoms with Gasteiger partial charge in [-0.1, -0.05) is 43.9 Å². The van der Waals surface area contributed by atoms with Crippen molar-refractivity contribution in [3.05, 3.63) is 28.8 Å².